The van der Waals surface area contributed by atoms with Gasteiger partial charge < -0.3 is 10.5 Å². The first-order valence-electron chi connectivity index (χ1n) is 8.86. The molecule has 0 bridgehead atoms. The van der Waals surface area contributed by atoms with E-state index in [1.807, 2.05) is 31.2 Å². The van der Waals surface area contributed by atoms with E-state index in [2.05, 4.69) is 4.74 Å². The molecule has 0 saturated carbocycles. The van der Waals surface area contributed by atoms with Gasteiger partial charge in [-0.15, -0.1) is 0 Å². The van der Waals surface area contributed by atoms with E-state index in [0.29, 0.717) is 17.6 Å². The number of fused-ring (bicyclic) bond motifs is 1. The molecule has 0 spiro atoms. The van der Waals surface area contributed by atoms with Gasteiger partial charge in [0.2, 0.25) is 0 Å². The largest absolute Gasteiger partial charge is 0.435 e. The lowest BCUT2D eigenvalue weighted by Gasteiger charge is -2.44. The molecule has 0 aromatic heterocycles. The maximum absolute atomic E-state index is 13.0. The van der Waals surface area contributed by atoms with Gasteiger partial charge in [-0.05, 0) is 36.3 Å². The fraction of sp³-hybridized carbons (Fsp3) is 0.381. The molecule has 7 heteroatoms. The van der Waals surface area contributed by atoms with E-state index in [1.54, 1.807) is 18.2 Å². The molecule has 1 aromatic carbocycles. The van der Waals surface area contributed by atoms with Crippen LogP contribution in [0.25, 0.3) is 0 Å². The molecule has 2 N–H and O–H groups in total. The molecule has 2 aliphatic carbocycles. The first-order valence-corrected chi connectivity index (χ1v) is 8.86. The zero-order valence-corrected chi connectivity index (χ0v) is 15.2. The van der Waals surface area contributed by atoms with E-state index in [9.17, 15) is 24.6 Å². The van der Waals surface area contributed by atoms with Crippen LogP contribution in [0.15, 0.2) is 47.2 Å². The molecule has 1 aromatic rings. The van der Waals surface area contributed by atoms with E-state index in [4.69, 9.17) is 5.73 Å². The number of halogens is 2. The second-order valence-corrected chi connectivity index (χ2v) is 7.17. The Bertz CT molecular complexity index is 963. The monoisotopic (exact) mass is 380 g/mol. The summed E-state index contributed by atoms with van der Waals surface area (Å²) < 4.78 is 30.6. The van der Waals surface area contributed by atoms with Crippen molar-refractivity contribution in [1.29, 1.82) is 15.8 Å². The fourth-order valence-corrected chi connectivity index (χ4v) is 4.36. The SMILES string of the molecule is C[C@H]1CC=C2C(C#N)=C(N)C(C#N)(C#N)[C@H](c3ccccc3OC(F)F)[C@H]2C1. The summed E-state index contributed by atoms with van der Waals surface area (Å²) >= 11 is 0. The standard InChI is InChI=1S/C21H18F2N4O/c1-12-6-7-13-15(8-12)18(14-4-2-3-5-17(14)28-20(22)23)21(10-25,11-26)19(27)16(13)9-24/h2-5,7,12,15,18,20H,6,8,27H2,1H3/t12-,15-,18+/m0/s1. The average Bonchev–Trinajstić information content (AvgIpc) is 2.68. The van der Waals surface area contributed by atoms with Crippen LogP contribution in [-0.2, 0) is 0 Å². The van der Waals surface area contributed by atoms with Crippen LogP contribution in [0.5, 0.6) is 5.75 Å². The van der Waals surface area contributed by atoms with Gasteiger partial charge in [0.15, 0.2) is 5.41 Å². The van der Waals surface area contributed by atoms with Gasteiger partial charge >= 0.3 is 6.61 Å². The third-order valence-corrected chi connectivity index (χ3v) is 5.58. The molecule has 5 nitrogen and oxygen atoms in total. The molecule has 0 unspecified atom stereocenters. The molecule has 3 rings (SSSR count). The van der Waals surface area contributed by atoms with Gasteiger partial charge in [-0.3, -0.25) is 0 Å². The van der Waals surface area contributed by atoms with Crippen molar-refractivity contribution in [2.75, 3.05) is 0 Å². The third kappa shape index (κ3) is 2.88. The molecule has 2 aliphatic rings. The molecular weight excluding hydrogens is 362 g/mol. The number of alkyl halides is 2. The zero-order chi connectivity index (χ0) is 20.5. The summed E-state index contributed by atoms with van der Waals surface area (Å²) in [5, 5.41) is 29.6. The van der Waals surface area contributed by atoms with Crippen LogP contribution in [0.1, 0.15) is 31.2 Å². The quantitative estimate of drug-likeness (QED) is 0.848. The second kappa shape index (κ2) is 7.33. The number of nitrogens with two attached hydrogens (primary N) is 1. The van der Waals surface area contributed by atoms with Gasteiger partial charge in [0, 0.05) is 11.5 Å². The molecule has 0 heterocycles. The number of hydrogen-bond donors (Lipinski definition) is 1. The van der Waals surface area contributed by atoms with E-state index in [0.717, 1.165) is 6.42 Å². The summed E-state index contributed by atoms with van der Waals surface area (Å²) in [6, 6.07) is 12.2. The highest BCUT2D eigenvalue weighted by molar-refractivity contribution is 5.60. The van der Waals surface area contributed by atoms with Crippen LogP contribution >= 0.6 is 0 Å². The summed E-state index contributed by atoms with van der Waals surface area (Å²) in [5.41, 5.74) is 5.34. The molecule has 0 amide bonds. The number of para-hydroxylation sites is 1. The molecule has 3 atom stereocenters. The van der Waals surface area contributed by atoms with Gasteiger partial charge in [0.25, 0.3) is 0 Å². The van der Waals surface area contributed by atoms with Crippen LogP contribution in [0.2, 0.25) is 0 Å². The van der Waals surface area contributed by atoms with Crippen molar-refractivity contribution in [3.8, 4) is 24.0 Å². The van der Waals surface area contributed by atoms with E-state index >= 15 is 0 Å². The lowest BCUT2D eigenvalue weighted by atomic mass is 9.56. The zero-order valence-electron chi connectivity index (χ0n) is 15.2. The Morgan fingerprint density at radius 2 is 1.89 bits per heavy atom. The predicted molar refractivity (Wildman–Crippen MR) is 96.3 cm³/mol. The van der Waals surface area contributed by atoms with Crippen molar-refractivity contribution in [2.24, 2.45) is 23.0 Å². The number of benzene rings is 1. The molecule has 0 fully saturated rings. The minimum absolute atomic E-state index is 0.0943. The fourth-order valence-electron chi connectivity index (χ4n) is 4.36. The van der Waals surface area contributed by atoms with Gasteiger partial charge in [0.05, 0.1) is 23.4 Å². The Labute approximate surface area is 161 Å². The van der Waals surface area contributed by atoms with Gasteiger partial charge in [-0.2, -0.15) is 24.6 Å². The van der Waals surface area contributed by atoms with Crippen LogP contribution in [0.3, 0.4) is 0 Å². The van der Waals surface area contributed by atoms with Gasteiger partial charge in [-0.1, -0.05) is 31.2 Å². The number of nitriles is 3. The summed E-state index contributed by atoms with van der Waals surface area (Å²) in [4.78, 5) is 0. The van der Waals surface area contributed by atoms with Crippen LogP contribution < -0.4 is 10.5 Å². The first-order chi connectivity index (χ1) is 13.4. The Morgan fingerprint density at radius 3 is 2.50 bits per heavy atom. The van der Waals surface area contributed by atoms with Crippen LogP contribution in [-0.4, -0.2) is 6.61 Å². The second-order valence-electron chi connectivity index (χ2n) is 7.17. The number of rotatable bonds is 3. The topological polar surface area (TPSA) is 107 Å². The van der Waals surface area contributed by atoms with Crippen molar-refractivity contribution in [1.82, 2.24) is 0 Å². The predicted octanol–water partition coefficient (Wildman–Crippen LogP) is 4.13. The average molecular weight is 380 g/mol. The Morgan fingerprint density at radius 1 is 1.21 bits per heavy atom. The smallest absolute Gasteiger partial charge is 0.387 e. The Balaban J connectivity index is 2.33. The van der Waals surface area contributed by atoms with Crippen molar-refractivity contribution in [3.63, 3.8) is 0 Å². The van der Waals surface area contributed by atoms with Crippen molar-refractivity contribution in [3.05, 3.63) is 52.7 Å². The van der Waals surface area contributed by atoms with E-state index in [-0.39, 0.29) is 28.9 Å². The summed E-state index contributed by atoms with van der Waals surface area (Å²) in [6.45, 7) is -1.02. The van der Waals surface area contributed by atoms with E-state index < -0.39 is 17.9 Å². The first kappa shape index (κ1) is 19.4. The molecule has 142 valence electrons. The van der Waals surface area contributed by atoms with Crippen molar-refractivity contribution in [2.45, 2.75) is 32.3 Å². The van der Waals surface area contributed by atoms with Crippen LogP contribution in [0.4, 0.5) is 8.78 Å². The number of hydrogen-bond acceptors (Lipinski definition) is 5. The minimum Gasteiger partial charge on any atom is -0.435 e. The normalized spacial score (nSPS) is 25.8. The van der Waals surface area contributed by atoms with Gasteiger partial charge in [-0.25, -0.2) is 0 Å². The van der Waals surface area contributed by atoms with Crippen molar-refractivity contribution < 1.29 is 13.5 Å². The lowest BCUT2D eigenvalue weighted by Crippen LogP contribution is -2.43. The summed E-state index contributed by atoms with van der Waals surface area (Å²) in [6.07, 6.45) is 3.24. The minimum atomic E-state index is -3.05. The maximum Gasteiger partial charge on any atom is 0.387 e. The van der Waals surface area contributed by atoms with E-state index in [1.165, 1.54) is 6.07 Å². The molecule has 0 saturated heterocycles. The van der Waals surface area contributed by atoms with Crippen LogP contribution in [0, 0.1) is 51.2 Å². The number of nitrogens with zero attached hydrogens (tertiary/aromatic N) is 3. The number of allylic oxidation sites excluding steroid dienone is 4. The maximum atomic E-state index is 13.0. The highest BCUT2D eigenvalue weighted by Crippen LogP contribution is 2.57. The number of ether oxygens (including phenoxy) is 1. The molecular formula is C21H18F2N4O. The highest BCUT2D eigenvalue weighted by atomic mass is 19.3. The molecule has 28 heavy (non-hydrogen) atoms. The summed E-state index contributed by atoms with van der Waals surface area (Å²) in [5.74, 6) is -1.06. The third-order valence-electron chi connectivity index (χ3n) is 5.58. The Hall–Kier alpha value is -3.37. The summed E-state index contributed by atoms with van der Waals surface area (Å²) in [7, 11) is 0. The highest BCUT2D eigenvalue weighted by Gasteiger charge is 2.55. The Kier molecular flexibility index (Phi) is 5.08. The molecule has 0 radical (unpaired) electrons. The van der Waals surface area contributed by atoms with Crippen molar-refractivity contribution >= 4 is 0 Å². The molecule has 0 aliphatic heterocycles. The lowest BCUT2D eigenvalue weighted by molar-refractivity contribution is -0.0509. The van der Waals surface area contributed by atoms with Gasteiger partial charge in [0.1, 0.15) is 11.8 Å².